The largest absolute Gasteiger partial charge is 0.325 e. The maximum atomic E-state index is 13.2. The minimum absolute atomic E-state index is 0.00632. The van der Waals surface area contributed by atoms with E-state index in [-0.39, 0.29) is 28.7 Å². The van der Waals surface area contributed by atoms with Gasteiger partial charge in [-0.05, 0) is 36.4 Å². The predicted octanol–water partition coefficient (Wildman–Crippen LogP) is 3.51. The fraction of sp³-hybridized carbons (Fsp3) is 0.0526. The number of amides is 2. The van der Waals surface area contributed by atoms with Crippen molar-refractivity contribution in [3.8, 4) is 0 Å². The van der Waals surface area contributed by atoms with Crippen molar-refractivity contribution in [2.45, 2.75) is 5.03 Å². The Morgan fingerprint density at radius 1 is 1.03 bits per heavy atom. The van der Waals surface area contributed by atoms with Crippen LogP contribution in [0, 0.1) is 15.9 Å². The highest BCUT2D eigenvalue weighted by molar-refractivity contribution is 7.99. The van der Waals surface area contributed by atoms with Gasteiger partial charge in [0.2, 0.25) is 5.91 Å². The van der Waals surface area contributed by atoms with E-state index in [1.54, 1.807) is 12.1 Å². The van der Waals surface area contributed by atoms with Crippen molar-refractivity contribution in [1.82, 2.24) is 10.2 Å². The number of carbonyl (C=O) groups is 2. The molecule has 0 bridgehead atoms. The molecule has 0 saturated carbocycles. The van der Waals surface area contributed by atoms with Crippen LogP contribution in [0.1, 0.15) is 10.4 Å². The quantitative estimate of drug-likeness (QED) is 0.335. The first-order chi connectivity index (χ1) is 14.4. The van der Waals surface area contributed by atoms with Crippen LogP contribution in [-0.2, 0) is 4.79 Å². The van der Waals surface area contributed by atoms with Gasteiger partial charge in [-0.25, -0.2) is 4.39 Å². The summed E-state index contributed by atoms with van der Waals surface area (Å²) in [6, 6.07) is 13.9. The first kappa shape index (κ1) is 20.9. The molecule has 2 amide bonds. The van der Waals surface area contributed by atoms with Gasteiger partial charge in [0.05, 0.1) is 10.7 Å². The number of non-ortho nitro benzene ring substituents is 1. The third-order valence-corrected chi connectivity index (χ3v) is 4.58. The van der Waals surface area contributed by atoms with Crippen molar-refractivity contribution in [3.05, 3.63) is 82.2 Å². The molecule has 0 aliphatic carbocycles. The van der Waals surface area contributed by atoms with Gasteiger partial charge in [0, 0.05) is 23.4 Å². The lowest BCUT2D eigenvalue weighted by Gasteiger charge is -2.06. The van der Waals surface area contributed by atoms with E-state index in [2.05, 4.69) is 20.8 Å². The van der Waals surface area contributed by atoms with E-state index in [0.29, 0.717) is 10.7 Å². The van der Waals surface area contributed by atoms with Crippen LogP contribution in [0.25, 0.3) is 0 Å². The van der Waals surface area contributed by atoms with Gasteiger partial charge in [-0.15, -0.1) is 10.2 Å². The molecule has 2 aromatic carbocycles. The Morgan fingerprint density at radius 2 is 1.83 bits per heavy atom. The van der Waals surface area contributed by atoms with Gasteiger partial charge in [-0.3, -0.25) is 19.7 Å². The number of benzene rings is 2. The maximum absolute atomic E-state index is 13.2. The molecule has 1 heterocycles. The summed E-state index contributed by atoms with van der Waals surface area (Å²) in [5, 5.41) is 24.0. The average Bonchev–Trinajstić information content (AvgIpc) is 2.73. The van der Waals surface area contributed by atoms with Gasteiger partial charge >= 0.3 is 0 Å². The average molecular weight is 427 g/mol. The Bertz CT molecular complexity index is 1090. The molecular formula is C19H14FN5O4S. The van der Waals surface area contributed by atoms with Gasteiger partial charge in [0.15, 0.2) is 5.82 Å². The van der Waals surface area contributed by atoms with E-state index in [1.807, 2.05) is 0 Å². The van der Waals surface area contributed by atoms with Gasteiger partial charge in [0.25, 0.3) is 11.6 Å². The summed E-state index contributed by atoms with van der Waals surface area (Å²) in [6.45, 7) is 0. The van der Waals surface area contributed by atoms with Crippen molar-refractivity contribution in [1.29, 1.82) is 0 Å². The number of aromatic nitrogens is 2. The molecule has 0 aliphatic heterocycles. The van der Waals surface area contributed by atoms with E-state index in [9.17, 15) is 24.1 Å². The molecule has 0 aliphatic rings. The Hall–Kier alpha value is -3.86. The highest BCUT2D eigenvalue weighted by Crippen LogP contribution is 2.19. The Morgan fingerprint density at radius 3 is 2.53 bits per heavy atom. The minimum atomic E-state index is -0.547. The zero-order valence-electron chi connectivity index (χ0n) is 15.2. The number of hydrogen-bond acceptors (Lipinski definition) is 7. The smallest absolute Gasteiger partial charge is 0.271 e. The number of thioether (sulfide) groups is 1. The van der Waals surface area contributed by atoms with Crippen LogP contribution in [0.4, 0.5) is 21.6 Å². The monoisotopic (exact) mass is 427 g/mol. The number of nitrogens with zero attached hydrogens (tertiary/aromatic N) is 3. The van der Waals surface area contributed by atoms with Crippen LogP contribution in [0.15, 0.2) is 65.7 Å². The first-order valence-electron chi connectivity index (χ1n) is 8.48. The van der Waals surface area contributed by atoms with Gasteiger partial charge in [0.1, 0.15) is 10.8 Å². The molecule has 0 spiro atoms. The van der Waals surface area contributed by atoms with Crippen LogP contribution >= 0.6 is 11.8 Å². The highest BCUT2D eigenvalue weighted by Gasteiger charge is 2.11. The molecule has 30 heavy (non-hydrogen) atoms. The number of carbonyl (C=O) groups excluding carboxylic acids is 2. The maximum Gasteiger partial charge on any atom is 0.271 e. The second-order valence-electron chi connectivity index (χ2n) is 5.87. The highest BCUT2D eigenvalue weighted by atomic mass is 32.2. The van der Waals surface area contributed by atoms with Gasteiger partial charge < -0.3 is 10.6 Å². The lowest BCUT2D eigenvalue weighted by molar-refractivity contribution is -0.384. The fourth-order valence-corrected chi connectivity index (χ4v) is 2.93. The van der Waals surface area contributed by atoms with Gasteiger partial charge in [-0.2, -0.15) is 0 Å². The summed E-state index contributed by atoms with van der Waals surface area (Å²) in [4.78, 5) is 34.3. The number of hydrogen-bond donors (Lipinski definition) is 2. The third kappa shape index (κ3) is 5.82. The van der Waals surface area contributed by atoms with Crippen LogP contribution in [0.2, 0.25) is 0 Å². The fourth-order valence-electron chi connectivity index (χ4n) is 2.32. The first-order valence-corrected chi connectivity index (χ1v) is 9.47. The Balaban J connectivity index is 1.52. The van der Waals surface area contributed by atoms with Crippen molar-refractivity contribution in [2.75, 3.05) is 16.4 Å². The molecule has 11 heteroatoms. The minimum Gasteiger partial charge on any atom is -0.325 e. The van der Waals surface area contributed by atoms with Gasteiger partial charge in [-0.1, -0.05) is 23.9 Å². The number of nitro benzene ring substituents is 1. The van der Waals surface area contributed by atoms with E-state index in [1.165, 1.54) is 42.5 Å². The predicted molar refractivity (Wildman–Crippen MR) is 109 cm³/mol. The molecule has 3 aromatic rings. The molecule has 0 radical (unpaired) electrons. The summed E-state index contributed by atoms with van der Waals surface area (Å²) in [5.74, 6) is -1.24. The number of halogens is 1. The van der Waals surface area contributed by atoms with Crippen molar-refractivity contribution < 1.29 is 18.9 Å². The third-order valence-electron chi connectivity index (χ3n) is 3.66. The lowest BCUT2D eigenvalue weighted by Crippen LogP contribution is -2.15. The number of rotatable bonds is 7. The van der Waals surface area contributed by atoms with Crippen LogP contribution in [0.3, 0.4) is 0 Å². The van der Waals surface area contributed by atoms with Crippen LogP contribution < -0.4 is 10.6 Å². The molecule has 152 valence electrons. The lowest BCUT2D eigenvalue weighted by atomic mass is 10.2. The van der Waals surface area contributed by atoms with E-state index in [0.717, 1.165) is 17.8 Å². The second kappa shape index (κ2) is 9.56. The topological polar surface area (TPSA) is 127 Å². The standard InChI is InChI=1S/C19H14FN5O4S/c20-13-4-1-3-12(9-13)19(27)22-16-7-8-18(24-23-16)30-11-17(26)21-14-5-2-6-15(10-14)25(28)29/h1-10H,11H2,(H,21,26)(H,22,23,27). The SMILES string of the molecule is O=C(CSc1ccc(NC(=O)c2cccc(F)c2)nn1)Nc1cccc([N+](=O)[O-])c1. The van der Waals surface area contributed by atoms with Crippen molar-refractivity contribution in [3.63, 3.8) is 0 Å². The molecular weight excluding hydrogens is 413 g/mol. The second-order valence-corrected chi connectivity index (χ2v) is 6.86. The summed E-state index contributed by atoms with van der Waals surface area (Å²) in [5.41, 5.74) is 0.339. The summed E-state index contributed by atoms with van der Waals surface area (Å²) in [6.07, 6.45) is 0. The molecule has 0 saturated heterocycles. The number of anilines is 2. The molecule has 2 N–H and O–H groups in total. The zero-order chi connectivity index (χ0) is 21.5. The van der Waals surface area contributed by atoms with Crippen molar-refractivity contribution in [2.24, 2.45) is 0 Å². The molecule has 0 fully saturated rings. The van der Waals surface area contributed by atoms with E-state index in [4.69, 9.17) is 0 Å². The molecule has 3 rings (SSSR count). The normalized spacial score (nSPS) is 10.3. The molecule has 0 unspecified atom stereocenters. The van der Waals surface area contributed by atoms with Crippen molar-refractivity contribution >= 4 is 40.8 Å². The summed E-state index contributed by atoms with van der Waals surface area (Å²) < 4.78 is 13.2. The van der Waals surface area contributed by atoms with E-state index < -0.39 is 16.6 Å². The van der Waals surface area contributed by atoms with Crippen LogP contribution in [-0.4, -0.2) is 32.7 Å². The molecule has 0 atom stereocenters. The number of nitrogens with one attached hydrogen (secondary N) is 2. The number of nitro groups is 1. The van der Waals surface area contributed by atoms with Crippen LogP contribution in [0.5, 0.6) is 0 Å². The summed E-state index contributed by atoms with van der Waals surface area (Å²) >= 11 is 1.10. The molecule has 1 aromatic heterocycles. The Labute approximate surface area is 173 Å². The van der Waals surface area contributed by atoms with E-state index >= 15 is 0 Å². The zero-order valence-corrected chi connectivity index (χ0v) is 16.1. The summed E-state index contributed by atoms with van der Waals surface area (Å²) in [7, 11) is 0. The molecule has 9 nitrogen and oxygen atoms in total. The Kier molecular flexibility index (Phi) is 6.65.